The second kappa shape index (κ2) is 7.05. The number of benzene rings is 2. The van der Waals surface area contributed by atoms with Gasteiger partial charge in [-0.3, -0.25) is 4.79 Å². The number of nitrogens with zero attached hydrogens (tertiary/aromatic N) is 1. The van der Waals surface area contributed by atoms with Crippen LogP contribution in [0.3, 0.4) is 0 Å². The highest BCUT2D eigenvalue weighted by molar-refractivity contribution is 5.99. The number of nitriles is 1. The Morgan fingerprint density at radius 2 is 2.00 bits per heavy atom. The van der Waals surface area contributed by atoms with Crippen LogP contribution in [-0.4, -0.2) is 19.4 Å². The van der Waals surface area contributed by atoms with Crippen molar-refractivity contribution in [3.05, 3.63) is 69.0 Å². The summed E-state index contributed by atoms with van der Waals surface area (Å²) < 4.78 is 18.5. The Morgan fingerprint density at radius 1 is 1.29 bits per heavy atom. The number of aldehydes is 1. The van der Waals surface area contributed by atoms with Crippen molar-refractivity contribution in [3.8, 4) is 6.07 Å². The molecule has 0 saturated heterocycles. The van der Waals surface area contributed by atoms with Gasteiger partial charge >= 0.3 is 5.97 Å². The fourth-order valence-corrected chi connectivity index (χ4v) is 2.60. The lowest BCUT2D eigenvalue weighted by Crippen LogP contribution is -2.10. The van der Waals surface area contributed by atoms with Gasteiger partial charge in [0.05, 0.1) is 18.2 Å². The molecule has 0 unspecified atom stereocenters. The standard InChI is InChI=1S/C19H16FNO3/c1-11-12(2)17(10-22)16(19(23)24-3)8-15(11)6-13-4-5-14(9-21)18(20)7-13/h4-5,7-8,10H,6H2,1-3H3. The molecule has 0 aliphatic rings. The minimum atomic E-state index is -0.590. The van der Waals surface area contributed by atoms with Crippen molar-refractivity contribution in [2.45, 2.75) is 20.3 Å². The molecule has 0 aliphatic carbocycles. The quantitative estimate of drug-likeness (QED) is 0.637. The van der Waals surface area contributed by atoms with Gasteiger partial charge < -0.3 is 4.74 Å². The van der Waals surface area contributed by atoms with E-state index >= 15 is 0 Å². The van der Waals surface area contributed by atoms with Crippen LogP contribution >= 0.6 is 0 Å². The van der Waals surface area contributed by atoms with E-state index in [2.05, 4.69) is 0 Å². The van der Waals surface area contributed by atoms with Gasteiger partial charge in [0, 0.05) is 5.56 Å². The first-order chi connectivity index (χ1) is 11.4. The summed E-state index contributed by atoms with van der Waals surface area (Å²) in [6, 6.07) is 7.78. The Balaban J connectivity index is 2.53. The molecule has 2 aromatic rings. The summed E-state index contributed by atoms with van der Waals surface area (Å²) in [5.41, 5.74) is 3.49. The second-order valence-electron chi connectivity index (χ2n) is 5.46. The zero-order valence-corrected chi connectivity index (χ0v) is 13.6. The zero-order chi connectivity index (χ0) is 17.9. The number of esters is 1. The first-order valence-electron chi connectivity index (χ1n) is 7.28. The SMILES string of the molecule is COC(=O)c1cc(Cc2ccc(C#N)c(F)c2)c(C)c(C)c1C=O. The van der Waals surface area contributed by atoms with Crippen molar-refractivity contribution in [1.82, 2.24) is 0 Å². The molecule has 0 spiro atoms. The van der Waals surface area contributed by atoms with Gasteiger partial charge in [0.15, 0.2) is 6.29 Å². The molecule has 0 saturated carbocycles. The maximum absolute atomic E-state index is 13.8. The Bertz CT molecular complexity index is 866. The minimum absolute atomic E-state index is 0.0156. The number of halogens is 1. The molecule has 0 atom stereocenters. The lowest BCUT2D eigenvalue weighted by Gasteiger charge is -2.15. The molecule has 2 rings (SSSR count). The first kappa shape index (κ1) is 17.4. The smallest absolute Gasteiger partial charge is 0.338 e. The van der Waals surface area contributed by atoms with Crippen LogP contribution in [0, 0.1) is 31.0 Å². The van der Waals surface area contributed by atoms with Gasteiger partial charge in [0.25, 0.3) is 0 Å². The van der Waals surface area contributed by atoms with E-state index in [-0.39, 0.29) is 11.1 Å². The Labute approximate surface area is 139 Å². The summed E-state index contributed by atoms with van der Waals surface area (Å²) in [7, 11) is 1.25. The zero-order valence-electron chi connectivity index (χ0n) is 13.6. The van der Waals surface area contributed by atoms with E-state index < -0.39 is 11.8 Å². The molecule has 0 amide bonds. The van der Waals surface area contributed by atoms with E-state index in [1.165, 1.54) is 19.2 Å². The topological polar surface area (TPSA) is 67.2 Å². The van der Waals surface area contributed by atoms with E-state index in [4.69, 9.17) is 10.00 Å². The molecule has 2 aromatic carbocycles. The fraction of sp³-hybridized carbons (Fsp3) is 0.211. The normalized spacial score (nSPS) is 10.1. The van der Waals surface area contributed by atoms with Gasteiger partial charge in [0.2, 0.25) is 0 Å². The molecule has 0 aromatic heterocycles. The average molecular weight is 325 g/mol. The fourth-order valence-electron chi connectivity index (χ4n) is 2.60. The Kier molecular flexibility index (Phi) is 5.10. The number of rotatable bonds is 4. The Morgan fingerprint density at radius 3 is 2.54 bits per heavy atom. The van der Waals surface area contributed by atoms with E-state index in [0.717, 1.165) is 11.1 Å². The molecule has 0 heterocycles. The van der Waals surface area contributed by atoms with E-state index in [1.54, 1.807) is 25.1 Å². The maximum atomic E-state index is 13.8. The molecule has 122 valence electrons. The van der Waals surface area contributed by atoms with Crippen LogP contribution in [0.15, 0.2) is 24.3 Å². The van der Waals surface area contributed by atoms with Gasteiger partial charge in [-0.05, 0) is 60.7 Å². The molecular weight excluding hydrogens is 309 g/mol. The van der Waals surface area contributed by atoms with Crippen molar-refractivity contribution >= 4 is 12.3 Å². The molecule has 24 heavy (non-hydrogen) atoms. The minimum Gasteiger partial charge on any atom is -0.465 e. The summed E-state index contributed by atoms with van der Waals surface area (Å²) in [5.74, 6) is -1.17. The highest BCUT2D eigenvalue weighted by atomic mass is 19.1. The third kappa shape index (κ3) is 3.18. The molecule has 4 nitrogen and oxygen atoms in total. The third-order valence-corrected chi connectivity index (χ3v) is 4.13. The number of methoxy groups -OCH3 is 1. The summed E-state index contributed by atoms with van der Waals surface area (Å²) in [6.07, 6.45) is 1.01. The van der Waals surface area contributed by atoms with E-state index in [0.29, 0.717) is 29.4 Å². The number of ether oxygens (including phenoxy) is 1. The largest absolute Gasteiger partial charge is 0.465 e. The van der Waals surface area contributed by atoms with Gasteiger partial charge in [-0.25, -0.2) is 9.18 Å². The lowest BCUT2D eigenvalue weighted by molar-refractivity contribution is 0.0598. The average Bonchev–Trinajstić information content (AvgIpc) is 2.58. The van der Waals surface area contributed by atoms with Crippen molar-refractivity contribution < 1.29 is 18.7 Å². The molecule has 0 radical (unpaired) electrons. The number of carbonyl (C=O) groups is 2. The predicted octanol–water partition coefficient (Wildman–Crippen LogP) is 3.50. The molecule has 0 aliphatic heterocycles. The van der Waals surface area contributed by atoms with Crippen LogP contribution in [0.25, 0.3) is 0 Å². The predicted molar refractivity (Wildman–Crippen MR) is 86.6 cm³/mol. The highest BCUT2D eigenvalue weighted by Gasteiger charge is 2.18. The maximum Gasteiger partial charge on any atom is 0.338 e. The number of hydrogen-bond donors (Lipinski definition) is 0. The number of carbonyl (C=O) groups excluding carboxylic acids is 2. The monoisotopic (exact) mass is 325 g/mol. The highest BCUT2D eigenvalue weighted by Crippen LogP contribution is 2.25. The van der Waals surface area contributed by atoms with E-state index in [9.17, 15) is 14.0 Å². The third-order valence-electron chi connectivity index (χ3n) is 4.13. The summed E-state index contributed by atoms with van der Waals surface area (Å²) >= 11 is 0. The van der Waals surface area contributed by atoms with Gasteiger partial charge in [-0.1, -0.05) is 6.07 Å². The van der Waals surface area contributed by atoms with Crippen molar-refractivity contribution in [1.29, 1.82) is 5.26 Å². The van der Waals surface area contributed by atoms with Crippen LogP contribution in [0.5, 0.6) is 0 Å². The molecule has 0 bridgehead atoms. The molecule has 0 fully saturated rings. The van der Waals surface area contributed by atoms with Gasteiger partial charge in [-0.2, -0.15) is 5.26 Å². The van der Waals surface area contributed by atoms with Crippen LogP contribution in [0.4, 0.5) is 4.39 Å². The van der Waals surface area contributed by atoms with Crippen LogP contribution in [0.1, 0.15) is 48.5 Å². The molecular formula is C19H16FNO3. The number of hydrogen-bond acceptors (Lipinski definition) is 4. The second-order valence-corrected chi connectivity index (χ2v) is 5.46. The summed E-state index contributed by atoms with van der Waals surface area (Å²) in [5, 5.41) is 8.79. The lowest BCUT2D eigenvalue weighted by atomic mass is 9.90. The van der Waals surface area contributed by atoms with Gasteiger partial charge in [0.1, 0.15) is 11.9 Å². The van der Waals surface area contributed by atoms with Crippen molar-refractivity contribution in [2.24, 2.45) is 0 Å². The summed E-state index contributed by atoms with van der Waals surface area (Å²) in [6.45, 7) is 3.60. The van der Waals surface area contributed by atoms with Gasteiger partial charge in [-0.15, -0.1) is 0 Å². The van der Waals surface area contributed by atoms with Crippen LogP contribution < -0.4 is 0 Å². The van der Waals surface area contributed by atoms with Crippen LogP contribution in [0.2, 0.25) is 0 Å². The van der Waals surface area contributed by atoms with E-state index in [1.807, 2.05) is 6.92 Å². The van der Waals surface area contributed by atoms with Crippen molar-refractivity contribution in [2.75, 3.05) is 7.11 Å². The molecule has 5 heteroatoms. The summed E-state index contributed by atoms with van der Waals surface area (Å²) in [4.78, 5) is 23.2. The van der Waals surface area contributed by atoms with Crippen LogP contribution in [-0.2, 0) is 11.2 Å². The Hall–Kier alpha value is -3.00. The first-order valence-corrected chi connectivity index (χ1v) is 7.28. The van der Waals surface area contributed by atoms with Crippen molar-refractivity contribution in [3.63, 3.8) is 0 Å². The molecule has 0 N–H and O–H groups in total.